The second-order valence-electron chi connectivity index (χ2n) is 7.30. The Balaban J connectivity index is 1.96. The van der Waals surface area contributed by atoms with Gasteiger partial charge in [0.1, 0.15) is 0 Å². The lowest BCUT2D eigenvalue weighted by Crippen LogP contribution is -2.13. The molecule has 0 aliphatic heterocycles. The second kappa shape index (κ2) is 21.4. The molecule has 0 aromatic heterocycles. The molecule has 4 nitrogen and oxygen atoms in total. The molecule has 0 radical (unpaired) electrons. The molecule has 0 spiro atoms. The van der Waals surface area contributed by atoms with Crippen molar-refractivity contribution >= 4 is 17.7 Å². The number of unbranched alkanes of at least 4 members (excludes halogenated alkanes) is 2. The predicted molar refractivity (Wildman–Crippen MR) is 143 cm³/mol. The Morgan fingerprint density at radius 3 is 1.94 bits per heavy atom. The van der Waals surface area contributed by atoms with E-state index < -0.39 is 0 Å². The number of hydrogen-bond acceptors (Lipinski definition) is 5. The van der Waals surface area contributed by atoms with E-state index in [1.54, 1.807) is 36.0 Å². The number of rotatable bonds is 18. The molecule has 180 valence electrons. The Labute approximate surface area is 204 Å². The number of hydrogen-bond donors (Lipinski definition) is 1. The highest BCUT2D eigenvalue weighted by Crippen LogP contribution is 2.25. The summed E-state index contributed by atoms with van der Waals surface area (Å²) in [4.78, 5) is 16.6. The first-order valence-electron chi connectivity index (χ1n) is 11.8. The van der Waals surface area contributed by atoms with Crippen LogP contribution in [0.25, 0.3) is 0 Å². The lowest BCUT2D eigenvalue weighted by molar-refractivity contribution is -0.131. The van der Waals surface area contributed by atoms with E-state index >= 15 is 0 Å². The molecule has 0 aliphatic rings. The number of carbonyl (C=O) groups is 1. The first-order chi connectivity index (χ1) is 16.3. The van der Waals surface area contributed by atoms with E-state index in [0.29, 0.717) is 17.3 Å². The summed E-state index contributed by atoms with van der Waals surface area (Å²) in [6, 6.07) is 6.86. The molecule has 0 heterocycles. The highest BCUT2D eigenvalue weighted by Gasteiger charge is 2.09. The quantitative estimate of drug-likeness (QED) is 0.0793. The van der Waals surface area contributed by atoms with Gasteiger partial charge in [-0.3, -0.25) is 4.79 Å². The molecule has 2 N–H and O–H groups in total. The van der Waals surface area contributed by atoms with Gasteiger partial charge in [-0.05, 0) is 69.3 Å². The van der Waals surface area contributed by atoms with Crippen molar-refractivity contribution in [2.24, 2.45) is 5.90 Å². The molecule has 5 heteroatoms. The van der Waals surface area contributed by atoms with Crippen LogP contribution < -0.4 is 15.5 Å². The molecule has 33 heavy (non-hydrogen) atoms. The van der Waals surface area contributed by atoms with E-state index in [1.165, 1.54) is 0 Å². The number of ether oxygens (including phenoxy) is 1. The molecule has 0 atom stereocenters. The van der Waals surface area contributed by atoms with Gasteiger partial charge in [0, 0.05) is 0 Å². The fourth-order valence-corrected chi connectivity index (χ4v) is 3.55. The van der Waals surface area contributed by atoms with Crippen LogP contribution >= 0.6 is 11.8 Å². The zero-order valence-electron chi connectivity index (χ0n) is 19.9. The van der Waals surface area contributed by atoms with Crippen molar-refractivity contribution in [2.75, 3.05) is 11.5 Å². The molecule has 0 bridgehead atoms. The van der Waals surface area contributed by atoms with Gasteiger partial charge in [0.15, 0.2) is 11.5 Å². The van der Waals surface area contributed by atoms with Gasteiger partial charge in [0.25, 0.3) is 0 Å². The predicted octanol–water partition coefficient (Wildman–Crippen LogP) is 7.50. The normalized spacial score (nSPS) is 12.2. The number of allylic oxidation sites excluding steroid dienone is 10. The fraction of sp³-hybridized carbons (Fsp3) is 0.393. The SMILES string of the molecule is CC/C=C\C/C=C\C/C=C\C/C=C\C/C=C\CCCCSCC(=O)Oc1ccccc1ON. The molecule has 1 aromatic rings. The van der Waals surface area contributed by atoms with Gasteiger partial charge in [-0.1, -0.05) is 79.8 Å². The average molecular weight is 470 g/mol. The van der Waals surface area contributed by atoms with Crippen LogP contribution in [0.3, 0.4) is 0 Å². The number of para-hydroxylation sites is 2. The van der Waals surface area contributed by atoms with Crippen LogP contribution in [-0.2, 0) is 4.79 Å². The minimum atomic E-state index is -0.290. The van der Waals surface area contributed by atoms with Gasteiger partial charge in [0.2, 0.25) is 0 Å². The van der Waals surface area contributed by atoms with Gasteiger partial charge < -0.3 is 9.57 Å². The van der Waals surface area contributed by atoms with E-state index in [9.17, 15) is 4.79 Å². The van der Waals surface area contributed by atoms with Gasteiger partial charge >= 0.3 is 5.97 Å². The average Bonchev–Trinajstić information content (AvgIpc) is 2.83. The molecular weight excluding hydrogens is 430 g/mol. The molecule has 0 unspecified atom stereocenters. The summed E-state index contributed by atoms with van der Waals surface area (Å²) >= 11 is 1.59. The molecule has 0 amide bonds. The van der Waals surface area contributed by atoms with Crippen LogP contribution in [0.1, 0.15) is 58.3 Å². The van der Waals surface area contributed by atoms with Crippen molar-refractivity contribution in [3.63, 3.8) is 0 Å². The zero-order valence-corrected chi connectivity index (χ0v) is 20.7. The molecule has 0 fully saturated rings. The third-order valence-electron chi connectivity index (χ3n) is 4.49. The molecule has 1 rings (SSSR count). The molecule has 0 saturated heterocycles. The van der Waals surface area contributed by atoms with Gasteiger partial charge in [-0.2, -0.15) is 17.7 Å². The Bertz CT molecular complexity index is 781. The Morgan fingerprint density at radius 1 is 0.818 bits per heavy atom. The standard InChI is InChI=1S/C28H39NO3S/c1-2-3-4-5-6-7-8-9-10-11-12-13-14-15-16-17-18-21-24-33-25-28(30)31-26-22-19-20-23-27(26)32-29/h3-4,6-7,9-10,12-13,15-16,19-20,22-23H,2,5,8,11,14,17-18,21,24-25,29H2,1H3/b4-3-,7-6-,10-9-,13-12-,16-15-. The first-order valence-corrected chi connectivity index (χ1v) is 12.9. The lowest BCUT2D eigenvalue weighted by Gasteiger charge is -2.07. The van der Waals surface area contributed by atoms with Gasteiger partial charge in [-0.15, -0.1) is 0 Å². The van der Waals surface area contributed by atoms with Crippen molar-refractivity contribution in [3.05, 3.63) is 85.0 Å². The topological polar surface area (TPSA) is 61.5 Å². The van der Waals surface area contributed by atoms with Crippen molar-refractivity contribution in [1.82, 2.24) is 0 Å². The van der Waals surface area contributed by atoms with Crippen LogP contribution in [0.2, 0.25) is 0 Å². The van der Waals surface area contributed by atoms with Gasteiger partial charge in [-0.25, -0.2) is 0 Å². The van der Waals surface area contributed by atoms with Crippen LogP contribution in [0, 0.1) is 0 Å². The third-order valence-corrected chi connectivity index (χ3v) is 5.50. The summed E-state index contributed by atoms with van der Waals surface area (Å²) in [5, 5.41) is 0. The zero-order chi connectivity index (χ0) is 23.8. The largest absolute Gasteiger partial charge is 0.422 e. The minimum absolute atomic E-state index is 0.290. The van der Waals surface area contributed by atoms with Crippen molar-refractivity contribution in [1.29, 1.82) is 0 Å². The number of carbonyl (C=O) groups excluding carboxylic acids is 1. The van der Waals surface area contributed by atoms with E-state index in [1.807, 2.05) is 0 Å². The molecule has 0 aliphatic carbocycles. The number of benzene rings is 1. The smallest absolute Gasteiger partial charge is 0.321 e. The van der Waals surface area contributed by atoms with Gasteiger partial charge in [0.05, 0.1) is 5.75 Å². The maximum absolute atomic E-state index is 11.9. The summed E-state index contributed by atoms with van der Waals surface area (Å²) < 4.78 is 5.29. The van der Waals surface area contributed by atoms with Crippen molar-refractivity contribution < 1.29 is 14.4 Å². The van der Waals surface area contributed by atoms with Crippen molar-refractivity contribution in [3.8, 4) is 11.5 Å². The summed E-state index contributed by atoms with van der Waals surface area (Å²) in [6.45, 7) is 2.15. The van der Waals surface area contributed by atoms with Crippen LogP contribution in [0.15, 0.2) is 85.0 Å². The summed E-state index contributed by atoms with van der Waals surface area (Å²) in [5.74, 6) is 6.84. The summed E-state index contributed by atoms with van der Waals surface area (Å²) in [5.41, 5.74) is 0. The van der Waals surface area contributed by atoms with Crippen LogP contribution in [-0.4, -0.2) is 17.5 Å². The Morgan fingerprint density at radius 2 is 1.36 bits per heavy atom. The number of nitrogens with two attached hydrogens (primary N) is 1. The van der Waals surface area contributed by atoms with Crippen LogP contribution in [0.4, 0.5) is 0 Å². The number of thioether (sulfide) groups is 1. The first kappa shape index (κ1) is 28.5. The van der Waals surface area contributed by atoms with E-state index in [-0.39, 0.29) is 5.97 Å². The monoisotopic (exact) mass is 469 g/mol. The minimum Gasteiger partial charge on any atom is -0.422 e. The fourth-order valence-electron chi connectivity index (χ4n) is 2.77. The van der Waals surface area contributed by atoms with E-state index in [2.05, 4.69) is 67.7 Å². The van der Waals surface area contributed by atoms with E-state index in [0.717, 1.165) is 57.1 Å². The highest BCUT2D eigenvalue weighted by molar-refractivity contribution is 7.99. The summed E-state index contributed by atoms with van der Waals surface area (Å²) in [6.07, 6.45) is 30.5. The molecule has 0 saturated carbocycles. The number of esters is 1. The van der Waals surface area contributed by atoms with E-state index in [4.69, 9.17) is 15.5 Å². The second-order valence-corrected chi connectivity index (χ2v) is 8.40. The lowest BCUT2D eigenvalue weighted by atomic mass is 10.2. The highest BCUT2D eigenvalue weighted by atomic mass is 32.2. The molecule has 1 aromatic carbocycles. The third kappa shape index (κ3) is 16.7. The Kier molecular flexibility index (Phi) is 18.5. The van der Waals surface area contributed by atoms with Crippen molar-refractivity contribution in [2.45, 2.75) is 58.3 Å². The Hall–Kier alpha value is -2.50. The maximum Gasteiger partial charge on any atom is 0.321 e. The molecular formula is C28H39NO3S. The van der Waals surface area contributed by atoms with Crippen LogP contribution in [0.5, 0.6) is 11.5 Å². The summed E-state index contributed by atoms with van der Waals surface area (Å²) in [7, 11) is 0. The maximum atomic E-state index is 11.9.